The molecule has 1 amide bonds. The average Bonchev–Trinajstić information content (AvgIpc) is 2.47. The molecule has 0 saturated heterocycles. The van der Waals surface area contributed by atoms with Crippen molar-refractivity contribution in [3.05, 3.63) is 57.5 Å². The van der Waals surface area contributed by atoms with Crippen LogP contribution in [0.5, 0.6) is 5.75 Å². The number of benzene rings is 2. The number of carbonyl (C=O) groups is 1. The third-order valence-corrected chi connectivity index (χ3v) is 4.16. The number of halogens is 2. The van der Waals surface area contributed by atoms with E-state index >= 15 is 0 Å². The number of rotatable bonds is 5. The number of methoxy groups -OCH3 is 1. The Kier molecular flexibility index (Phi) is 5.09. The van der Waals surface area contributed by atoms with Crippen LogP contribution in [-0.2, 0) is 4.79 Å². The minimum atomic E-state index is -0.661. The quantitative estimate of drug-likeness (QED) is 0.843. The molecular weight excluding hydrogens is 356 g/mol. The maximum Gasteiger partial charge on any atom is 0.244 e. The van der Waals surface area contributed by atoms with Gasteiger partial charge in [0.25, 0.3) is 0 Å². The first kappa shape index (κ1) is 15.7. The Morgan fingerprint density at radius 1 is 1.33 bits per heavy atom. The van der Waals surface area contributed by atoms with Crippen molar-refractivity contribution in [2.75, 3.05) is 12.4 Å². The van der Waals surface area contributed by atoms with E-state index in [0.29, 0.717) is 15.2 Å². The molecule has 1 atom stereocenters. The number of ether oxygens (including phenoxy) is 1. The molecule has 0 aliphatic carbocycles. The number of nitrogens with two attached hydrogens (primary N) is 1. The molecule has 2 aromatic rings. The van der Waals surface area contributed by atoms with Crippen LogP contribution in [0.3, 0.4) is 0 Å². The van der Waals surface area contributed by atoms with Crippen LogP contribution in [-0.4, -0.2) is 13.0 Å². The van der Waals surface area contributed by atoms with Crippen LogP contribution < -0.4 is 15.8 Å². The van der Waals surface area contributed by atoms with E-state index in [1.165, 1.54) is 0 Å². The van der Waals surface area contributed by atoms with Crippen LogP contribution in [0, 0.1) is 0 Å². The van der Waals surface area contributed by atoms with E-state index in [4.69, 9.17) is 22.1 Å². The molecule has 0 saturated carbocycles. The van der Waals surface area contributed by atoms with Crippen LogP contribution in [0.2, 0.25) is 5.02 Å². The Bertz CT molecular complexity index is 664. The fourth-order valence-corrected chi connectivity index (χ4v) is 2.40. The zero-order chi connectivity index (χ0) is 15.4. The molecule has 1 unspecified atom stereocenters. The van der Waals surface area contributed by atoms with Crippen molar-refractivity contribution in [1.82, 2.24) is 0 Å². The average molecular weight is 370 g/mol. The fourth-order valence-electron chi connectivity index (χ4n) is 1.89. The number of anilines is 1. The van der Waals surface area contributed by atoms with Gasteiger partial charge in [-0.1, -0.05) is 23.7 Å². The van der Waals surface area contributed by atoms with Crippen molar-refractivity contribution in [3.8, 4) is 5.75 Å². The highest BCUT2D eigenvalue weighted by molar-refractivity contribution is 9.10. The molecule has 4 nitrogen and oxygen atoms in total. The molecular formula is C15H14BrClN2O2. The first-order valence-electron chi connectivity index (χ1n) is 6.16. The third-order valence-electron chi connectivity index (χ3n) is 2.94. The maximum atomic E-state index is 11.7. The van der Waals surface area contributed by atoms with Gasteiger partial charge >= 0.3 is 0 Å². The van der Waals surface area contributed by atoms with Gasteiger partial charge in [0, 0.05) is 16.2 Å². The van der Waals surface area contributed by atoms with Gasteiger partial charge in [-0.3, -0.25) is 4.79 Å². The molecule has 0 aromatic heterocycles. The summed E-state index contributed by atoms with van der Waals surface area (Å²) < 4.78 is 5.86. The number of nitrogens with one attached hydrogen (secondary N) is 1. The minimum absolute atomic E-state index is 0.480. The van der Waals surface area contributed by atoms with Gasteiger partial charge in [-0.25, -0.2) is 0 Å². The molecule has 0 bridgehead atoms. The molecule has 3 N–H and O–H groups in total. The Morgan fingerprint density at radius 3 is 2.71 bits per heavy atom. The van der Waals surface area contributed by atoms with Crippen molar-refractivity contribution in [3.63, 3.8) is 0 Å². The molecule has 21 heavy (non-hydrogen) atoms. The minimum Gasteiger partial charge on any atom is -0.497 e. The molecule has 0 aliphatic heterocycles. The Balaban J connectivity index is 2.30. The van der Waals surface area contributed by atoms with Crippen molar-refractivity contribution < 1.29 is 9.53 Å². The van der Waals surface area contributed by atoms with Crippen molar-refractivity contribution in [2.24, 2.45) is 5.73 Å². The first-order chi connectivity index (χ1) is 10.0. The smallest absolute Gasteiger partial charge is 0.244 e. The summed E-state index contributed by atoms with van der Waals surface area (Å²) in [6.07, 6.45) is 0. The lowest BCUT2D eigenvalue weighted by Crippen LogP contribution is -2.27. The lowest BCUT2D eigenvalue weighted by atomic mass is 10.1. The summed E-state index contributed by atoms with van der Waals surface area (Å²) in [5.74, 6) is 0.215. The summed E-state index contributed by atoms with van der Waals surface area (Å²) >= 11 is 9.30. The van der Waals surface area contributed by atoms with Gasteiger partial charge in [0.1, 0.15) is 11.8 Å². The van der Waals surface area contributed by atoms with Crippen molar-refractivity contribution >= 4 is 39.1 Å². The van der Waals surface area contributed by atoms with Crippen LogP contribution in [0.25, 0.3) is 0 Å². The van der Waals surface area contributed by atoms with Gasteiger partial charge in [0.15, 0.2) is 0 Å². The number of amides is 1. The number of carbonyl (C=O) groups excluding carboxylic acids is 1. The standard InChI is InChI=1S/C15H14BrClN2O2/c1-21-11-4-2-3-10(8-11)19-14(15(18)20)9-5-6-13(17)12(16)7-9/h2-8,14,19H,1H3,(H2,18,20). The number of hydrogen-bond donors (Lipinski definition) is 2. The number of primary amides is 1. The van der Waals surface area contributed by atoms with Crippen LogP contribution >= 0.6 is 27.5 Å². The molecule has 0 radical (unpaired) electrons. The van der Waals surface area contributed by atoms with E-state index < -0.39 is 11.9 Å². The second kappa shape index (κ2) is 6.83. The highest BCUT2D eigenvalue weighted by atomic mass is 79.9. The Hall–Kier alpha value is -1.72. The summed E-state index contributed by atoms with van der Waals surface area (Å²) in [5, 5.41) is 3.67. The molecule has 0 spiro atoms. The fraction of sp³-hybridized carbons (Fsp3) is 0.133. The predicted molar refractivity (Wildman–Crippen MR) is 87.7 cm³/mol. The second-order valence-electron chi connectivity index (χ2n) is 4.39. The molecule has 2 aromatic carbocycles. The van der Waals surface area contributed by atoms with Crippen molar-refractivity contribution in [1.29, 1.82) is 0 Å². The molecule has 0 fully saturated rings. The molecule has 0 aliphatic rings. The van der Waals surface area contributed by atoms with Crippen LogP contribution in [0.4, 0.5) is 5.69 Å². The highest BCUT2D eigenvalue weighted by Gasteiger charge is 2.18. The monoisotopic (exact) mass is 368 g/mol. The SMILES string of the molecule is COc1cccc(NC(C(N)=O)c2ccc(Cl)c(Br)c2)c1. The largest absolute Gasteiger partial charge is 0.497 e. The Morgan fingerprint density at radius 2 is 2.10 bits per heavy atom. The normalized spacial score (nSPS) is 11.8. The van der Waals surface area contributed by atoms with E-state index in [9.17, 15) is 4.79 Å². The van der Waals surface area contributed by atoms with E-state index in [2.05, 4.69) is 21.2 Å². The lowest BCUT2D eigenvalue weighted by molar-refractivity contribution is -0.118. The Labute approximate surface area is 136 Å². The molecule has 110 valence electrons. The van der Waals surface area contributed by atoms with E-state index in [-0.39, 0.29) is 0 Å². The third kappa shape index (κ3) is 3.89. The highest BCUT2D eigenvalue weighted by Crippen LogP contribution is 2.28. The lowest BCUT2D eigenvalue weighted by Gasteiger charge is -2.18. The summed E-state index contributed by atoms with van der Waals surface area (Å²) in [7, 11) is 1.58. The second-order valence-corrected chi connectivity index (χ2v) is 5.65. The zero-order valence-corrected chi connectivity index (χ0v) is 13.6. The van der Waals surface area contributed by atoms with E-state index in [0.717, 1.165) is 11.3 Å². The van der Waals surface area contributed by atoms with E-state index in [1.807, 2.05) is 18.2 Å². The predicted octanol–water partition coefficient (Wildman–Crippen LogP) is 3.75. The van der Waals surface area contributed by atoms with Crippen LogP contribution in [0.1, 0.15) is 11.6 Å². The van der Waals surface area contributed by atoms with Crippen molar-refractivity contribution in [2.45, 2.75) is 6.04 Å². The van der Waals surface area contributed by atoms with Crippen LogP contribution in [0.15, 0.2) is 46.9 Å². The van der Waals surface area contributed by atoms with Gasteiger partial charge < -0.3 is 15.8 Å². The molecule has 0 heterocycles. The van der Waals surface area contributed by atoms with Gasteiger partial charge in [-0.15, -0.1) is 0 Å². The zero-order valence-electron chi connectivity index (χ0n) is 11.3. The maximum absolute atomic E-state index is 11.7. The van der Waals surface area contributed by atoms with E-state index in [1.54, 1.807) is 31.4 Å². The first-order valence-corrected chi connectivity index (χ1v) is 7.33. The summed E-state index contributed by atoms with van der Waals surface area (Å²) in [5.41, 5.74) is 6.96. The van der Waals surface area contributed by atoms with Gasteiger partial charge in [0.05, 0.1) is 12.1 Å². The molecule has 2 rings (SSSR count). The number of hydrogen-bond acceptors (Lipinski definition) is 3. The van der Waals surface area contributed by atoms with Gasteiger partial charge in [-0.2, -0.15) is 0 Å². The summed E-state index contributed by atoms with van der Waals surface area (Å²) in [6, 6.07) is 11.9. The van der Waals surface area contributed by atoms with Gasteiger partial charge in [-0.05, 0) is 45.8 Å². The molecule has 6 heteroatoms. The summed E-state index contributed by atoms with van der Waals surface area (Å²) in [4.78, 5) is 11.7. The summed E-state index contributed by atoms with van der Waals surface area (Å²) in [6.45, 7) is 0. The topological polar surface area (TPSA) is 64.3 Å². The van der Waals surface area contributed by atoms with Gasteiger partial charge in [0.2, 0.25) is 5.91 Å².